The molecule has 0 aliphatic carbocycles. The van der Waals surface area contributed by atoms with E-state index in [4.69, 9.17) is 9.47 Å². The summed E-state index contributed by atoms with van der Waals surface area (Å²) in [5.41, 5.74) is 2.55. The first-order valence-electron chi connectivity index (χ1n) is 16.6. The van der Waals surface area contributed by atoms with Crippen molar-refractivity contribution in [3.63, 3.8) is 0 Å². The van der Waals surface area contributed by atoms with Gasteiger partial charge in [-0.15, -0.1) is 0 Å². The maximum absolute atomic E-state index is 13.2. The molecule has 2 aromatic rings. The largest absolute Gasteiger partial charge is 0.487 e. The van der Waals surface area contributed by atoms with E-state index in [0.717, 1.165) is 31.6 Å². The number of esters is 1. The minimum Gasteiger partial charge on any atom is -0.487 e. The predicted molar refractivity (Wildman–Crippen MR) is 173 cm³/mol. The molecule has 0 N–H and O–H groups in total. The molecular formula is C37H60NO3+. The van der Waals surface area contributed by atoms with Gasteiger partial charge in [-0.3, -0.25) is 0 Å². The molecule has 4 heteroatoms. The molecule has 230 valence electrons. The molecule has 0 heterocycles. The fraction of sp³-hybridized carbons (Fsp3) is 0.649. The second kappa shape index (κ2) is 20.5. The number of carbonyl (C=O) groups excluding carboxylic acids is 1. The highest BCUT2D eigenvalue weighted by Gasteiger charge is 2.36. The third-order valence-electron chi connectivity index (χ3n) is 8.13. The summed E-state index contributed by atoms with van der Waals surface area (Å²) in [6.45, 7) is 7.43. The maximum atomic E-state index is 13.2. The number of nitrogens with zero attached hydrogens (tertiary/aromatic N) is 1. The molecule has 0 fully saturated rings. The number of rotatable bonds is 23. The molecule has 41 heavy (non-hydrogen) atoms. The van der Waals surface area contributed by atoms with Gasteiger partial charge >= 0.3 is 5.97 Å². The Morgan fingerprint density at radius 3 is 1.93 bits per heavy atom. The number of likely N-dealkylation sites (N-methyl/N-ethyl adjacent to an activating group) is 1. The summed E-state index contributed by atoms with van der Waals surface area (Å²) < 4.78 is 12.5. The van der Waals surface area contributed by atoms with E-state index in [-0.39, 0.29) is 24.7 Å². The number of ether oxygens (including phenoxy) is 2. The van der Waals surface area contributed by atoms with E-state index < -0.39 is 0 Å². The van der Waals surface area contributed by atoms with Crippen molar-refractivity contribution in [3.05, 3.63) is 65.7 Å². The fourth-order valence-electron chi connectivity index (χ4n) is 5.70. The Kier molecular flexibility index (Phi) is 17.5. The number of hydrogen-bond acceptors (Lipinski definition) is 3. The van der Waals surface area contributed by atoms with Crippen LogP contribution in [0, 0.1) is 0 Å². The minimum atomic E-state index is -0.203. The van der Waals surface area contributed by atoms with E-state index in [1.54, 1.807) is 0 Å². The van der Waals surface area contributed by atoms with Crippen molar-refractivity contribution in [3.8, 4) is 5.75 Å². The van der Waals surface area contributed by atoms with Crippen molar-refractivity contribution in [2.45, 2.75) is 136 Å². The Morgan fingerprint density at radius 1 is 0.732 bits per heavy atom. The van der Waals surface area contributed by atoms with E-state index in [0.29, 0.717) is 4.48 Å². The zero-order chi connectivity index (χ0) is 29.8. The predicted octanol–water partition coefficient (Wildman–Crippen LogP) is 9.69. The van der Waals surface area contributed by atoms with Gasteiger partial charge in [0.2, 0.25) is 0 Å². The number of hydrogen-bond donors (Lipinski definition) is 0. The Balaban J connectivity index is 1.68. The van der Waals surface area contributed by atoms with Crippen molar-refractivity contribution in [1.82, 2.24) is 0 Å². The molecule has 2 atom stereocenters. The summed E-state index contributed by atoms with van der Waals surface area (Å²) in [5, 5.41) is 0. The third-order valence-corrected chi connectivity index (χ3v) is 8.13. The van der Waals surface area contributed by atoms with Gasteiger partial charge in [-0.1, -0.05) is 127 Å². The van der Waals surface area contributed by atoms with Crippen LogP contribution in [-0.4, -0.2) is 43.3 Å². The van der Waals surface area contributed by atoms with Crippen LogP contribution in [0.15, 0.2) is 54.6 Å². The lowest BCUT2D eigenvalue weighted by Crippen LogP contribution is -2.53. The zero-order valence-electron chi connectivity index (χ0n) is 27.0. The summed E-state index contributed by atoms with van der Waals surface area (Å²) in [4.78, 5) is 13.2. The molecule has 0 aliphatic heterocycles. The van der Waals surface area contributed by atoms with Gasteiger partial charge < -0.3 is 14.0 Å². The van der Waals surface area contributed by atoms with Gasteiger partial charge in [-0.2, -0.15) is 0 Å². The van der Waals surface area contributed by atoms with Gasteiger partial charge in [0.1, 0.15) is 25.0 Å². The molecule has 0 amide bonds. The Bertz CT molecular complexity index is 942. The summed E-state index contributed by atoms with van der Waals surface area (Å²) in [5.74, 6) is 0.722. The van der Waals surface area contributed by atoms with E-state index in [9.17, 15) is 4.79 Å². The molecule has 0 bridgehead atoms. The van der Waals surface area contributed by atoms with Gasteiger partial charge in [0, 0.05) is 12.0 Å². The second-order valence-electron chi connectivity index (χ2n) is 12.6. The third kappa shape index (κ3) is 14.9. The molecule has 0 radical (unpaired) electrons. The molecule has 0 aromatic heterocycles. The average Bonchev–Trinajstić information content (AvgIpc) is 2.95. The number of carbonyl (C=O) groups is 1. The topological polar surface area (TPSA) is 35.5 Å². The van der Waals surface area contributed by atoms with Gasteiger partial charge in [0.15, 0.2) is 6.04 Å². The van der Waals surface area contributed by atoms with Crippen molar-refractivity contribution >= 4 is 5.97 Å². The van der Waals surface area contributed by atoms with Gasteiger partial charge in [-0.25, -0.2) is 4.79 Å². The fourth-order valence-corrected chi connectivity index (χ4v) is 5.70. The molecule has 2 unspecified atom stereocenters. The van der Waals surface area contributed by atoms with Crippen LogP contribution < -0.4 is 4.74 Å². The molecule has 2 rings (SSSR count). The van der Waals surface area contributed by atoms with Crippen LogP contribution in [0.5, 0.6) is 5.75 Å². The Labute approximate surface area is 252 Å². The standard InChI is InChI=1S/C37H60NO3/c1-6-8-9-10-11-12-13-14-15-16-17-19-24-33-27-22-28-35(29-33)41-32(3)31-40-37(39)36(23-7-2)38(4,5)30-34-25-20-18-21-26-34/h18,20-22,25-29,32,36H,6-17,19,23-24,30-31H2,1-5H3/q+1. The highest BCUT2D eigenvalue weighted by atomic mass is 16.6. The lowest BCUT2D eigenvalue weighted by atomic mass is 10.0. The lowest BCUT2D eigenvalue weighted by Gasteiger charge is -2.36. The first kappa shape index (κ1) is 34.9. The summed E-state index contributed by atoms with van der Waals surface area (Å²) >= 11 is 0. The number of aryl methyl sites for hydroxylation is 1. The van der Waals surface area contributed by atoms with Crippen molar-refractivity contribution in [2.75, 3.05) is 20.7 Å². The number of unbranched alkanes of at least 4 members (excludes halogenated alkanes) is 11. The van der Waals surface area contributed by atoms with Crippen LogP contribution in [0.4, 0.5) is 0 Å². The Morgan fingerprint density at radius 2 is 1.32 bits per heavy atom. The second-order valence-corrected chi connectivity index (χ2v) is 12.6. The smallest absolute Gasteiger partial charge is 0.365 e. The Hall–Kier alpha value is -2.33. The quantitative estimate of drug-likeness (QED) is 0.0763. The summed E-state index contributed by atoms with van der Waals surface area (Å²) in [6, 6.07) is 18.6. The normalized spacial score (nSPS) is 13.1. The molecule has 0 aliphatic rings. The lowest BCUT2D eigenvalue weighted by molar-refractivity contribution is -0.920. The van der Waals surface area contributed by atoms with Crippen LogP contribution >= 0.6 is 0 Å². The highest BCUT2D eigenvalue weighted by molar-refractivity contribution is 5.74. The zero-order valence-corrected chi connectivity index (χ0v) is 27.0. The summed E-state index contributed by atoms with van der Waals surface area (Å²) in [6.07, 6.45) is 19.1. The van der Waals surface area contributed by atoms with E-state index in [2.05, 4.69) is 70.4 Å². The monoisotopic (exact) mass is 566 g/mol. The number of benzene rings is 2. The van der Waals surface area contributed by atoms with Crippen LogP contribution in [0.1, 0.15) is 122 Å². The van der Waals surface area contributed by atoms with E-state index in [1.807, 2.05) is 19.1 Å². The molecule has 2 aromatic carbocycles. The van der Waals surface area contributed by atoms with Gasteiger partial charge in [-0.05, 0) is 43.9 Å². The van der Waals surface area contributed by atoms with Crippen LogP contribution in [0.2, 0.25) is 0 Å². The first-order chi connectivity index (χ1) is 19.9. The highest BCUT2D eigenvalue weighted by Crippen LogP contribution is 2.21. The SMILES string of the molecule is CCCCCCCCCCCCCCc1cccc(OC(C)COC(=O)C(CCC)[N+](C)(C)Cc2ccccc2)c1. The number of quaternary nitrogens is 1. The minimum absolute atomic E-state index is 0.135. The molecule has 0 saturated carbocycles. The summed E-state index contributed by atoms with van der Waals surface area (Å²) in [7, 11) is 4.24. The van der Waals surface area contributed by atoms with Crippen LogP contribution in [-0.2, 0) is 22.5 Å². The molecular weight excluding hydrogens is 506 g/mol. The van der Waals surface area contributed by atoms with Crippen LogP contribution in [0.25, 0.3) is 0 Å². The molecule has 0 saturated heterocycles. The van der Waals surface area contributed by atoms with Crippen molar-refractivity contribution in [1.29, 1.82) is 0 Å². The molecule has 0 spiro atoms. The van der Waals surface area contributed by atoms with Crippen molar-refractivity contribution in [2.24, 2.45) is 0 Å². The van der Waals surface area contributed by atoms with E-state index >= 15 is 0 Å². The van der Waals surface area contributed by atoms with Gasteiger partial charge in [0.25, 0.3) is 0 Å². The average molecular weight is 567 g/mol. The van der Waals surface area contributed by atoms with Crippen molar-refractivity contribution < 1.29 is 18.8 Å². The van der Waals surface area contributed by atoms with Crippen LogP contribution in [0.3, 0.4) is 0 Å². The maximum Gasteiger partial charge on any atom is 0.365 e. The van der Waals surface area contributed by atoms with E-state index in [1.165, 1.54) is 88.2 Å². The molecule has 4 nitrogen and oxygen atoms in total. The van der Waals surface area contributed by atoms with Gasteiger partial charge in [0.05, 0.1) is 14.1 Å². The first-order valence-corrected chi connectivity index (χ1v) is 16.6.